The zero-order chi connectivity index (χ0) is 16.7. The van der Waals surface area contributed by atoms with Crippen molar-refractivity contribution in [1.82, 2.24) is 5.32 Å². The van der Waals surface area contributed by atoms with Gasteiger partial charge in [0.2, 0.25) is 5.91 Å². The van der Waals surface area contributed by atoms with Crippen molar-refractivity contribution in [2.24, 2.45) is 16.2 Å². The Morgan fingerprint density at radius 2 is 1.52 bits per heavy atom. The maximum atomic E-state index is 12.2. The van der Waals surface area contributed by atoms with Gasteiger partial charge < -0.3 is 10.1 Å². The number of nitrogens with one attached hydrogen (secondary N) is 1. The highest BCUT2D eigenvalue weighted by molar-refractivity contribution is 5.81. The van der Waals surface area contributed by atoms with Crippen molar-refractivity contribution >= 4 is 5.91 Å². The summed E-state index contributed by atoms with van der Waals surface area (Å²) in [6, 6.07) is 0. The summed E-state index contributed by atoms with van der Waals surface area (Å²) in [7, 11) is 0. The van der Waals surface area contributed by atoms with E-state index in [1.807, 2.05) is 26.0 Å². The zero-order valence-corrected chi connectivity index (χ0v) is 15.3. The molecule has 0 aromatic rings. The van der Waals surface area contributed by atoms with Gasteiger partial charge in [-0.1, -0.05) is 67.5 Å². The van der Waals surface area contributed by atoms with Crippen LogP contribution in [-0.2, 0) is 9.53 Å². The van der Waals surface area contributed by atoms with Crippen LogP contribution in [0.5, 0.6) is 0 Å². The molecule has 0 heterocycles. The van der Waals surface area contributed by atoms with Crippen LogP contribution in [0.2, 0.25) is 0 Å². The summed E-state index contributed by atoms with van der Waals surface area (Å²) >= 11 is 0. The average molecular weight is 297 g/mol. The molecule has 124 valence electrons. The fourth-order valence-corrected chi connectivity index (χ4v) is 1.56. The number of rotatable bonds is 7. The molecular formula is C18H35NO2. The Balaban J connectivity index is 4.08. The Hall–Kier alpha value is -0.830. The molecule has 0 spiro atoms. The monoisotopic (exact) mass is 297 g/mol. The first kappa shape index (κ1) is 20.2. The molecule has 3 heteroatoms. The second-order valence-electron chi connectivity index (χ2n) is 8.88. The minimum Gasteiger partial charge on any atom is -0.377 e. The lowest BCUT2D eigenvalue weighted by molar-refractivity contribution is -0.129. The number of hydrogen-bond donors (Lipinski definition) is 1. The Kier molecular flexibility index (Phi) is 7.66. The summed E-state index contributed by atoms with van der Waals surface area (Å²) in [6.45, 7) is 18.8. The topological polar surface area (TPSA) is 38.3 Å². The van der Waals surface area contributed by atoms with Gasteiger partial charge in [-0.2, -0.15) is 0 Å². The third-order valence-corrected chi connectivity index (χ3v) is 2.94. The zero-order valence-electron chi connectivity index (χ0n) is 15.3. The number of carbonyl (C=O) groups excluding carboxylic acids is 1. The maximum absolute atomic E-state index is 12.2. The van der Waals surface area contributed by atoms with Gasteiger partial charge in [0.15, 0.2) is 0 Å². The van der Waals surface area contributed by atoms with Crippen LogP contribution in [-0.4, -0.2) is 25.7 Å². The predicted molar refractivity (Wildman–Crippen MR) is 90.3 cm³/mol. The summed E-state index contributed by atoms with van der Waals surface area (Å²) in [5.41, 5.74) is -0.0753. The smallest absolute Gasteiger partial charge is 0.225 e. The standard InChI is InChI=1S/C18H35NO2/c1-16(2,3)13-19-15(20)18(7,8)11-9-10-12-21-14-17(4,5)6/h9-10H,11-14H2,1-8H3,(H,19,20)/b10-9-. The van der Waals surface area contributed by atoms with Crippen molar-refractivity contribution in [2.45, 2.75) is 61.8 Å². The Labute approximate surface area is 131 Å². The molecule has 0 fully saturated rings. The van der Waals surface area contributed by atoms with Crippen LogP contribution in [0.25, 0.3) is 0 Å². The molecule has 0 aliphatic rings. The lowest BCUT2D eigenvalue weighted by Crippen LogP contribution is -2.40. The molecule has 0 aromatic heterocycles. The van der Waals surface area contributed by atoms with E-state index in [1.54, 1.807) is 0 Å². The van der Waals surface area contributed by atoms with Crippen molar-refractivity contribution in [1.29, 1.82) is 0 Å². The van der Waals surface area contributed by atoms with Crippen molar-refractivity contribution in [2.75, 3.05) is 19.8 Å². The van der Waals surface area contributed by atoms with Gasteiger partial charge in [0.05, 0.1) is 13.2 Å². The Bertz CT molecular complexity index is 343. The lowest BCUT2D eigenvalue weighted by Gasteiger charge is -2.25. The van der Waals surface area contributed by atoms with E-state index < -0.39 is 0 Å². The quantitative estimate of drug-likeness (QED) is 0.565. The minimum absolute atomic E-state index is 0.109. The molecule has 0 unspecified atom stereocenters. The molecule has 0 saturated carbocycles. The summed E-state index contributed by atoms with van der Waals surface area (Å²) < 4.78 is 5.58. The van der Waals surface area contributed by atoms with Crippen molar-refractivity contribution < 1.29 is 9.53 Å². The van der Waals surface area contributed by atoms with E-state index in [0.29, 0.717) is 13.2 Å². The number of allylic oxidation sites excluding steroid dienone is 1. The van der Waals surface area contributed by atoms with Gasteiger partial charge in [-0.25, -0.2) is 0 Å². The molecule has 0 bridgehead atoms. The Morgan fingerprint density at radius 1 is 0.952 bits per heavy atom. The van der Waals surface area contributed by atoms with Crippen LogP contribution in [0, 0.1) is 16.2 Å². The fraction of sp³-hybridized carbons (Fsp3) is 0.833. The second-order valence-corrected chi connectivity index (χ2v) is 8.88. The van der Waals surface area contributed by atoms with Crippen LogP contribution in [0.4, 0.5) is 0 Å². The molecule has 0 aliphatic carbocycles. The van der Waals surface area contributed by atoms with Gasteiger partial charge >= 0.3 is 0 Å². The first-order valence-electron chi connectivity index (χ1n) is 7.85. The van der Waals surface area contributed by atoms with E-state index in [-0.39, 0.29) is 22.2 Å². The van der Waals surface area contributed by atoms with Crippen LogP contribution < -0.4 is 5.32 Å². The summed E-state index contributed by atoms with van der Waals surface area (Å²) in [6.07, 6.45) is 4.77. The minimum atomic E-state index is -0.383. The summed E-state index contributed by atoms with van der Waals surface area (Å²) in [4.78, 5) is 12.2. The molecule has 0 saturated heterocycles. The van der Waals surface area contributed by atoms with E-state index in [0.717, 1.165) is 13.0 Å². The molecule has 0 rings (SSSR count). The van der Waals surface area contributed by atoms with E-state index in [9.17, 15) is 4.79 Å². The molecule has 0 aromatic carbocycles. The average Bonchev–Trinajstić information content (AvgIpc) is 2.28. The summed E-state index contributed by atoms with van der Waals surface area (Å²) in [5.74, 6) is 0.109. The third-order valence-electron chi connectivity index (χ3n) is 2.94. The van der Waals surface area contributed by atoms with Crippen LogP contribution in [0.3, 0.4) is 0 Å². The van der Waals surface area contributed by atoms with Crippen LogP contribution >= 0.6 is 0 Å². The third kappa shape index (κ3) is 11.5. The number of ether oxygens (including phenoxy) is 1. The second kappa shape index (κ2) is 7.98. The normalized spacial score (nSPS) is 13.7. The predicted octanol–water partition coefficient (Wildman–Crippen LogP) is 4.18. The van der Waals surface area contributed by atoms with Gasteiger partial charge in [-0.15, -0.1) is 0 Å². The van der Waals surface area contributed by atoms with Gasteiger partial charge in [-0.05, 0) is 17.3 Å². The van der Waals surface area contributed by atoms with Gasteiger partial charge in [-0.3, -0.25) is 4.79 Å². The highest BCUT2D eigenvalue weighted by atomic mass is 16.5. The van der Waals surface area contributed by atoms with Gasteiger partial charge in [0.25, 0.3) is 0 Å². The molecule has 1 N–H and O–H groups in total. The highest BCUT2D eigenvalue weighted by Crippen LogP contribution is 2.22. The van der Waals surface area contributed by atoms with Crippen molar-refractivity contribution in [3.8, 4) is 0 Å². The van der Waals surface area contributed by atoms with Gasteiger partial charge in [0.1, 0.15) is 0 Å². The van der Waals surface area contributed by atoms with Gasteiger partial charge in [0, 0.05) is 12.0 Å². The van der Waals surface area contributed by atoms with E-state index >= 15 is 0 Å². The Morgan fingerprint density at radius 3 is 2.00 bits per heavy atom. The fourth-order valence-electron chi connectivity index (χ4n) is 1.56. The first-order chi connectivity index (χ1) is 9.33. The highest BCUT2D eigenvalue weighted by Gasteiger charge is 2.26. The van der Waals surface area contributed by atoms with Crippen molar-refractivity contribution in [3.05, 3.63) is 12.2 Å². The number of hydrogen-bond acceptors (Lipinski definition) is 2. The molecule has 0 atom stereocenters. The number of carbonyl (C=O) groups is 1. The van der Waals surface area contributed by atoms with E-state index in [2.05, 4.69) is 46.9 Å². The lowest BCUT2D eigenvalue weighted by atomic mass is 9.87. The first-order valence-corrected chi connectivity index (χ1v) is 7.85. The number of amides is 1. The molecule has 0 aliphatic heterocycles. The van der Waals surface area contributed by atoms with Crippen molar-refractivity contribution in [3.63, 3.8) is 0 Å². The molecular weight excluding hydrogens is 262 g/mol. The molecule has 3 nitrogen and oxygen atoms in total. The largest absolute Gasteiger partial charge is 0.377 e. The molecule has 1 amide bonds. The van der Waals surface area contributed by atoms with Crippen LogP contribution in [0.15, 0.2) is 12.2 Å². The summed E-state index contributed by atoms with van der Waals surface area (Å²) in [5, 5.41) is 3.03. The van der Waals surface area contributed by atoms with E-state index in [4.69, 9.17) is 4.74 Å². The SMILES string of the molecule is CC(C)(C)CNC(=O)C(C)(C)C/C=C\COCC(C)(C)C. The molecule has 21 heavy (non-hydrogen) atoms. The van der Waals surface area contributed by atoms with E-state index in [1.165, 1.54) is 0 Å². The molecule has 0 radical (unpaired) electrons. The maximum Gasteiger partial charge on any atom is 0.225 e. The van der Waals surface area contributed by atoms with Crippen LogP contribution in [0.1, 0.15) is 61.8 Å².